The zero-order valence-corrected chi connectivity index (χ0v) is 10.3. The first-order chi connectivity index (χ1) is 8.61. The van der Waals surface area contributed by atoms with Crippen molar-refractivity contribution < 1.29 is 9.34 Å². The third-order valence-electron chi connectivity index (χ3n) is 2.69. The highest BCUT2D eigenvalue weighted by molar-refractivity contribution is 5.62. The van der Waals surface area contributed by atoms with E-state index in [1.54, 1.807) is 19.1 Å². The lowest BCUT2D eigenvalue weighted by Crippen LogP contribution is -2.03. The monoisotopic (exact) mass is 246 g/mol. The molecular formula is C13H14N2O3. The van der Waals surface area contributed by atoms with Crippen molar-refractivity contribution in [3.05, 3.63) is 51.8 Å². The minimum Gasteiger partial charge on any atom is -0.460 e. The third kappa shape index (κ3) is 2.41. The molecule has 0 saturated carbocycles. The Kier molecular flexibility index (Phi) is 3.43. The molecule has 18 heavy (non-hydrogen) atoms. The largest absolute Gasteiger partial charge is 0.460 e. The molecule has 5 nitrogen and oxygen atoms in total. The smallest absolute Gasteiger partial charge is 0.272 e. The molecule has 2 aromatic rings. The standard InChI is InChI=1S/C13H14N2O3/c1-9-7-10(3-5-12(9)15(16)17)13-6-4-11(18-13)8-14-2/h3-7,14H,8H2,1-2H3. The van der Waals surface area contributed by atoms with Crippen LogP contribution in [-0.2, 0) is 6.54 Å². The van der Waals surface area contributed by atoms with Crippen LogP contribution in [0.2, 0.25) is 0 Å². The number of nitro groups is 1. The molecule has 0 fully saturated rings. The molecule has 1 aromatic heterocycles. The first-order valence-electron chi connectivity index (χ1n) is 5.60. The van der Waals surface area contributed by atoms with E-state index in [0.29, 0.717) is 12.1 Å². The molecule has 5 heteroatoms. The summed E-state index contributed by atoms with van der Waals surface area (Å²) in [5.41, 5.74) is 1.60. The summed E-state index contributed by atoms with van der Waals surface area (Å²) in [6, 6.07) is 8.73. The van der Waals surface area contributed by atoms with Crippen molar-refractivity contribution in [2.24, 2.45) is 0 Å². The number of aryl methyl sites for hydroxylation is 1. The van der Waals surface area contributed by atoms with Gasteiger partial charge in [0.25, 0.3) is 5.69 Å². The van der Waals surface area contributed by atoms with Crippen LogP contribution in [0.4, 0.5) is 5.69 Å². The van der Waals surface area contributed by atoms with E-state index in [0.717, 1.165) is 17.1 Å². The SMILES string of the molecule is CNCc1ccc(-c2ccc([N+](=O)[O-])c(C)c2)o1. The van der Waals surface area contributed by atoms with Crippen molar-refractivity contribution in [2.45, 2.75) is 13.5 Å². The molecular weight excluding hydrogens is 232 g/mol. The molecule has 1 N–H and O–H groups in total. The topological polar surface area (TPSA) is 68.3 Å². The molecule has 0 amide bonds. The first-order valence-corrected chi connectivity index (χ1v) is 5.60. The molecule has 0 unspecified atom stereocenters. The molecule has 1 aromatic carbocycles. The number of benzene rings is 1. The Hall–Kier alpha value is -2.14. The van der Waals surface area contributed by atoms with Crippen LogP contribution in [0.3, 0.4) is 0 Å². The summed E-state index contributed by atoms with van der Waals surface area (Å²) in [5, 5.41) is 13.7. The molecule has 0 aliphatic carbocycles. The third-order valence-corrected chi connectivity index (χ3v) is 2.69. The van der Waals surface area contributed by atoms with E-state index in [2.05, 4.69) is 5.32 Å². The number of nitro benzene ring substituents is 1. The summed E-state index contributed by atoms with van der Waals surface area (Å²) in [5.74, 6) is 1.56. The minimum atomic E-state index is -0.381. The van der Waals surface area contributed by atoms with E-state index < -0.39 is 0 Å². The highest BCUT2D eigenvalue weighted by atomic mass is 16.6. The summed E-state index contributed by atoms with van der Waals surface area (Å²) in [7, 11) is 1.85. The molecule has 0 atom stereocenters. The lowest BCUT2D eigenvalue weighted by molar-refractivity contribution is -0.385. The fraction of sp³-hybridized carbons (Fsp3) is 0.231. The molecule has 94 valence electrons. The predicted octanol–water partition coefficient (Wildman–Crippen LogP) is 2.88. The van der Waals surface area contributed by atoms with Crippen LogP contribution in [0.1, 0.15) is 11.3 Å². The summed E-state index contributed by atoms with van der Waals surface area (Å²) in [6.45, 7) is 2.38. The molecule has 0 aliphatic rings. The van der Waals surface area contributed by atoms with Crippen LogP contribution in [0, 0.1) is 17.0 Å². The second kappa shape index (κ2) is 5.01. The first kappa shape index (κ1) is 12.3. The van der Waals surface area contributed by atoms with Gasteiger partial charge in [0.2, 0.25) is 0 Å². The molecule has 2 rings (SSSR count). The maximum absolute atomic E-state index is 10.7. The second-order valence-corrected chi connectivity index (χ2v) is 4.05. The zero-order chi connectivity index (χ0) is 13.1. The Morgan fingerprint density at radius 1 is 1.33 bits per heavy atom. The number of nitrogens with zero attached hydrogens (tertiary/aromatic N) is 1. The van der Waals surface area contributed by atoms with Crippen LogP contribution >= 0.6 is 0 Å². The average molecular weight is 246 g/mol. The van der Waals surface area contributed by atoms with Crippen LogP contribution < -0.4 is 5.32 Å². The van der Waals surface area contributed by atoms with Gasteiger partial charge in [0.1, 0.15) is 11.5 Å². The maximum atomic E-state index is 10.7. The maximum Gasteiger partial charge on any atom is 0.272 e. The number of nitrogens with one attached hydrogen (secondary N) is 1. The van der Waals surface area contributed by atoms with Gasteiger partial charge in [-0.05, 0) is 38.2 Å². The van der Waals surface area contributed by atoms with E-state index in [1.807, 2.05) is 19.2 Å². The summed E-state index contributed by atoms with van der Waals surface area (Å²) in [4.78, 5) is 10.4. The minimum absolute atomic E-state index is 0.126. The van der Waals surface area contributed by atoms with Crippen molar-refractivity contribution in [1.29, 1.82) is 0 Å². The Bertz CT molecular complexity index is 575. The van der Waals surface area contributed by atoms with E-state index >= 15 is 0 Å². The molecule has 0 radical (unpaired) electrons. The highest BCUT2D eigenvalue weighted by Crippen LogP contribution is 2.27. The van der Waals surface area contributed by atoms with Gasteiger partial charge in [-0.15, -0.1) is 0 Å². The molecule has 0 spiro atoms. The van der Waals surface area contributed by atoms with Crippen molar-refractivity contribution in [2.75, 3.05) is 7.05 Å². The van der Waals surface area contributed by atoms with Crippen molar-refractivity contribution in [1.82, 2.24) is 5.32 Å². The van der Waals surface area contributed by atoms with Gasteiger partial charge >= 0.3 is 0 Å². The Balaban J connectivity index is 2.33. The predicted molar refractivity (Wildman–Crippen MR) is 68.3 cm³/mol. The van der Waals surface area contributed by atoms with Gasteiger partial charge in [-0.3, -0.25) is 10.1 Å². The van der Waals surface area contributed by atoms with E-state index in [9.17, 15) is 10.1 Å². The van der Waals surface area contributed by atoms with Crippen LogP contribution in [0.25, 0.3) is 11.3 Å². The Morgan fingerprint density at radius 2 is 2.11 bits per heavy atom. The fourth-order valence-electron chi connectivity index (χ4n) is 1.82. The van der Waals surface area contributed by atoms with E-state index in [1.165, 1.54) is 6.07 Å². The van der Waals surface area contributed by atoms with Gasteiger partial charge in [0.15, 0.2) is 0 Å². The lowest BCUT2D eigenvalue weighted by atomic mass is 10.1. The molecule has 0 aliphatic heterocycles. The van der Waals surface area contributed by atoms with Gasteiger partial charge in [0.05, 0.1) is 11.5 Å². The quantitative estimate of drug-likeness (QED) is 0.665. The van der Waals surface area contributed by atoms with Crippen LogP contribution in [-0.4, -0.2) is 12.0 Å². The Labute approximate surface area is 105 Å². The van der Waals surface area contributed by atoms with E-state index in [4.69, 9.17) is 4.42 Å². The zero-order valence-electron chi connectivity index (χ0n) is 10.3. The van der Waals surface area contributed by atoms with Crippen LogP contribution in [0.15, 0.2) is 34.7 Å². The highest BCUT2D eigenvalue weighted by Gasteiger charge is 2.12. The number of hydrogen-bond donors (Lipinski definition) is 1. The van der Waals surface area contributed by atoms with Gasteiger partial charge in [-0.25, -0.2) is 0 Å². The normalized spacial score (nSPS) is 10.6. The van der Waals surface area contributed by atoms with E-state index in [-0.39, 0.29) is 10.6 Å². The lowest BCUT2D eigenvalue weighted by Gasteiger charge is -2.01. The molecule has 1 heterocycles. The van der Waals surface area contributed by atoms with Gasteiger partial charge in [-0.1, -0.05) is 0 Å². The summed E-state index contributed by atoms with van der Waals surface area (Å²) < 4.78 is 5.63. The Morgan fingerprint density at radius 3 is 2.72 bits per heavy atom. The van der Waals surface area contributed by atoms with Gasteiger partial charge in [-0.2, -0.15) is 0 Å². The summed E-state index contributed by atoms with van der Waals surface area (Å²) >= 11 is 0. The van der Waals surface area contributed by atoms with Crippen molar-refractivity contribution >= 4 is 5.69 Å². The molecule has 0 saturated heterocycles. The average Bonchev–Trinajstić information content (AvgIpc) is 2.77. The number of furan rings is 1. The van der Waals surface area contributed by atoms with Gasteiger partial charge < -0.3 is 9.73 Å². The number of rotatable bonds is 4. The van der Waals surface area contributed by atoms with Crippen LogP contribution in [0.5, 0.6) is 0 Å². The van der Waals surface area contributed by atoms with Gasteiger partial charge in [0, 0.05) is 17.2 Å². The number of hydrogen-bond acceptors (Lipinski definition) is 4. The van der Waals surface area contributed by atoms with Crippen molar-refractivity contribution in [3.8, 4) is 11.3 Å². The second-order valence-electron chi connectivity index (χ2n) is 4.05. The fourth-order valence-corrected chi connectivity index (χ4v) is 1.82. The van der Waals surface area contributed by atoms with Crippen molar-refractivity contribution in [3.63, 3.8) is 0 Å². The molecule has 0 bridgehead atoms. The summed E-state index contributed by atoms with van der Waals surface area (Å²) in [6.07, 6.45) is 0.